The largest absolute Gasteiger partial charge is 3.00 e. The molecule has 0 saturated heterocycles. The van der Waals surface area contributed by atoms with Crippen molar-refractivity contribution >= 4 is 23.5 Å². The molecule has 52 heavy (non-hydrogen) atoms. The van der Waals surface area contributed by atoms with E-state index < -0.39 is 23.5 Å². The van der Waals surface area contributed by atoms with Crippen molar-refractivity contribution < 1.29 is 72.6 Å². The van der Waals surface area contributed by atoms with E-state index in [-0.39, 0.29) is 56.7 Å². The summed E-state index contributed by atoms with van der Waals surface area (Å²) >= 11 is 0. The molecule has 0 atom stereocenters. The number of unbranched alkanes of at least 4 members (excludes halogenated alkanes) is 18. The Labute approximate surface area is 330 Å². The molecule has 0 saturated carbocycles. The average molecular weight is 852 g/mol. The summed E-state index contributed by atoms with van der Waals surface area (Å²) in [6, 6.07) is 0. The molecule has 0 amide bonds. The number of hydrogen-bond donors (Lipinski definition) is 0. The van der Waals surface area contributed by atoms with Crippen molar-refractivity contribution in [2.24, 2.45) is 0 Å². The first-order valence-electron chi connectivity index (χ1n) is 20.2. The Bertz CT molecular complexity index is 684. The molecular weight excluding hydrogens is 773 g/mol. The van der Waals surface area contributed by atoms with Gasteiger partial charge in [0, 0.05) is 0 Å². The predicted molar refractivity (Wildman–Crippen MR) is 203 cm³/mol. The molecule has 0 aliphatic rings. The van der Waals surface area contributed by atoms with Crippen LogP contribution in [0.25, 0.3) is 0 Å². The van der Waals surface area contributed by atoms with Crippen LogP contribution in [0.4, 0.5) is 0 Å². The molecule has 0 aromatic rings. The fourth-order valence-electron chi connectivity index (χ4n) is 4.34. The average Bonchev–Trinajstić information content (AvgIpc) is 3.08. The van der Waals surface area contributed by atoms with Crippen molar-refractivity contribution in [1.29, 1.82) is 0 Å². The Kier molecular flexibility index (Phi) is 51.0. The molecule has 0 N–H and O–H groups in total. The first kappa shape index (κ1) is 59.5. The van der Waals surface area contributed by atoms with Crippen LogP contribution >= 0.6 is 23.5 Å². The quantitative estimate of drug-likeness (QED) is 0.0332. The molecule has 0 rings (SSSR count). The van der Waals surface area contributed by atoms with E-state index in [0.717, 1.165) is 154 Å². The molecule has 0 unspecified atom stereocenters. The van der Waals surface area contributed by atoms with Crippen molar-refractivity contribution in [2.45, 2.75) is 196 Å². The molecule has 317 valence electrons. The summed E-state index contributed by atoms with van der Waals surface area (Å²) in [5.74, 6) is 0. The molecule has 0 spiro atoms. The summed E-state index contributed by atoms with van der Waals surface area (Å²) in [7, 11) is -12.1. The zero-order chi connectivity index (χ0) is 39.0. The van der Waals surface area contributed by atoms with Gasteiger partial charge in [0.25, 0.3) is 23.5 Å². The number of rotatable bonds is 36. The molecular formula is C36H78FeO12P3. The van der Waals surface area contributed by atoms with E-state index in [4.69, 9.17) is 27.1 Å². The van der Waals surface area contributed by atoms with Crippen molar-refractivity contribution in [3.63, 3.8) is 0 Å². The minimum Gasteiger partial charge on any atom is -0.756 e. The zero-order valence-corrected chi connectivity index (χ0v) is 37.6. The van der Waals surface area contributed by atoms with Crippen LogP contribution in [0.5, 0.6) is 0 Å². The van der Waals surface area contributed by atoms with Gasteiger partial charge in [-0.15, -0.1) is 0 Å². The normalized spacial score (nSPS) is 11.7. The Morgan fingerprint density at radius 3 is 0.538 bits per heavy atom. The molecule has 0 fully saturated rings. The van der Waals surface area contributed by atoms with Crippen LogP contribution in [0.15, 0.2) is 0 Å². The monoisotopic (exact) mass is 851 g/mol. The van der Waals surface area contributed by atoms with Crippen molar-refractivity contribution in [3.8, 4) is 0 Å². The van der Waals surface area contributed by atoms with E-state index >= 15 is 0 Å². The molecule has 0 aliphatic carbocycles. The summed E-state index contributed by atoms with van der Waals surface area (Å²) in [6.07, 6.45) is 24.2. The number of phosphoric ester groups is 3. The van der Waals surface area contributed by atoms with Crippen LogP contribution in [0, 0.1) is 0 Å². The summed E-state index contributed by atoms with van der Waals surface area (Å²) in [5, 5.41) is 0. The molecule has 0 aromatic heterocycles. The second kappa shape index (κ2) is 44.6. The molecule has 16 heteroatoms. The van der Waals surface area contributed by atoms with Gasteiger partial charge < -0.3 is 41.8 Å². The van der Waals surface area contributed by atoms with Gasteiger partial charge in [-0.25, -0.2) is 0 Å². The maximum absolute atomic E-state index is 11.3. The third-order valence-corrected chi connectivity index (χ3v) is 10.5. The van der Waals surface area contributed by atoms with E-state index in [1.165, 1.54) is 0 Å². The smallest absolute Gasteiger partial charge is 0.756 e. The fourth-order valence-corrected chi connectivity index (χ4v) is 6.68. The van der Waals surface area contributed by atoms with E-state index in [1.54, 1.807) is 0 Å². The summed E-state index contributed by atoms with van der Waals surface area (Å²) in [4.78, 5) is 33.8. The Morgan fingerprint density at radius 1 is 0.288 bits per heavy atom. The van der Waals surface area contributed by atoms with Gasteiger partial charge >= 0.3 is 17.1 Å². The van der Waals surface area contributed by atoms with Gasteiger partial charge in [0.1, 0.15) is 0 Å². The first-order chi connectivity index (χ1) is 24.4. The van der Waals surface area contributed by atoms with Crippen LogP contribution in [0.3, 0.4) is 0 Å². The Morgan fingerprint density at radius 2 is 0.423 bits per heavy atom. The minimum absolute atomic E-state index is 0. The summed E-state index contributed by atoms with van der Waals surface area (Å²) < 4.78 is 62.4. The van der Waals surface area contributed by atoms with Gasteiger partial charge in [-0.3, -0.25) is 13.7 Å². The standard InChI is InChI=1S/3C12H27O4P.Fe/c3*1-3-5-7-9-11-15-17(13,14)16-12-10-8-6-4-2;/h3*3-12H2,1-2H3,(H,13,14);/q;;;+3/p-3. The van der Waals surface area contributed by atoms with Crippen LogP contribution in [0.1, 0.15) is 196 Å². The van der Waals surface area contributed by atoms with Crippen LogP contribution < -0.4 is 14.7 Å². The van der Waals surface area contributed by atoms with Gasteiger partial charge in [-0.2, -0.15) is 0 Å². The predicted octanol–water partition coefficient (Wildman–Crippen LogP) is 10.9. The fraction of sp³-hybridized carbons (Fsp3) is 1.00. The van der Waals surface area contributed by atoms with Crippen LogP contribution in [0.2, 0.25) is 0 Å². The summed E-state index contributed by atoms with van der Waals surface area (Å²) in [5.41, 5.74) is 0. The van der Waals surface area contributed by atoms with Gasteiger partial charge in [-0.05, 0) is 38.5 Å². The van der Waals surface area contributed by atoms with E-state index in [0.29, 0.717) is 0 Å². The molecule has 0 aromatic carbocycles. The third kappa shape index (κ3) is 53.0. The van der Waals surface area contributed by atoms with Crippen LogP contribution in [-0.4, -0.2) is 39.6 Å². The van der Waals surface area contributed by atoms with E-state index in [9.17, 15) is 28.4 Å². The maximum Gasteiger partial charge on any atom is 3.00 e. The maximum atomic E-state index is 11.3. The van der Waals surface area contributed by atoms with Gasteiger partial charge in [-0.1, -0.05) is 157 Å². The number of hydrogen-bond acceptors (Lipinski definition) is 12. The first-order valence-corrected chi connectivity index (χ1v) is 24.5. The topological polar surface area (TPSA) is 176 Å². The molecule has 1 radical (unpaired) electrons. The van der Waals surface area contributed by atoms with E-state index in [1.807, 2.05) is 0 Å². The zero-order valence-electron chi connectivity index (χ0n) is 33.8. The van der Waals surface area contributed by atoms with Gasteiger partial charge in [0.05, 0.1) is 39.6 Å². The minimum atomic E-state index is -4.04. The number of phosphoric acid groups is 3. The third-order valence-electron chi connectivity index (χ3n) is 7.48. The Balaban J connectivity index is -0.000000329. The van der Waals surface area contributed by atoms with Gasteiger partial charge in [0.2, 0.25) is 0 Å². The molecule has 12 nitrogen and oxygen atoms in total. The van der Waals surface area contributed by atoms with Crippen molar-refractivity contribution in [3.05, 3.63) is 0 Å². The van der Waals surface area contributed by atoms with E-state index in [2.05, 4.69) is 41.5 Å². The van der Waals surface area contributed by atoms with Crippen molar-refractivity contribution in [2.75, 3.05) is 39.6 Å². The van der Waals surface area contributed by atoms with Crippen LogP contribution in [-0.2, 0) is 57.9 Å². The molecule has 0 bridgehead atoms. The molecule has 0 aliphatic heterocycles. The second-order valence-electron chi connectivity index (χ2n) is 12.7. The Hall–Kier alpha value is 0.849. The SMILES string of the molecule is CCCCCCOP(=O)([O-])OCCCCCC.CCCCCCOP(=O)([O-])OCCCCCC.CCCCCCOP(=O)([O-])OCCCCCC.[Fe+3]. The van der Waals surface area contributed by atoms with Crippen molar-refractivity contribution in [1.82, 2.24) is 0 Å². The second-order valence-corrected chi connectivity index (χ2v) is 16.9. The summed E-state index contributed by atoms with van der Waals surface area (Å²) in [6.45, 7) is 14.1. The molecule has 0 heterocycles. The van der Waals surface area contributed by atoms with Gasteiger partial charge in [0.15, 0.2) is 0 Å².